The lowest BCUT2D eigenvalue weighted by atomic mass is 10.2. The Morgan fingerprint density at radius 2 is 1.60 bits per heavy atom. The van der Waals surface area contributed by atoms with E-state index >= 15 is 0 Å². The molecule has 0 rings (SSSR count). The normalized spacial score (nSPS) is 13.0. The number of hydrogen-bond acceptors (Lipinski definition) is 4. The van der Waals surface area contributed by atoms with Crippen molar-refractivity contribution in [3.8, 4) is 0 Å². The molecule has 0 aromatic rings. The molecular formula is C11H25NO3. The zero-order valence-electron chi connectivity index (χ0n) is 10.3. The summed E-state index contributed by atoms with van der Waals surface area (Å²) in [6.45, 7) is 5.63. The highest BCUT2D eigenvalue weighted by atomic mass is 16.5. The van der Waals surface area contributed by atoms with Crippen molar-refractivity contribution in [3.05, 3.63) is 0 Å². The van der Waals surface area contributed by atoms with Gasteiger partial charge >= 0.3 is 0 Å². The molecule has 0 bridgehead atoms. The Morgan fingerprint density at radius 1 is 1.00 bits per heavy atom. The van der Waals surface area contributed by atoms with Gasteiger partial charge in [-0.15, -0.1) is 0 Å². The number of ether oxygens (including phenoxy) is 3. The number of methoxy groups -OCH3 is 1. The minimum atomic E-state index is 0.576. The standard InChI is InChI=1S/C11H25NO3/c1-11(12-2)5-4-6-14-9-10-15-8-7-13-3/h11-12H,4-10H2,1-3H3. The second kappa shape index (κ2) is 11.9. The molecule has 0 fully saturated rings. The van der Waals surface area contributed by atoms with E-state index in [1.54, 1.807) is 7.11 Å². The van der Waals surface area contributed by atoms with Crippen LogP contribution in [0.3, 0.4) is 0 Å². The maximum absolute atomic E-state index is 5.42. The summed E-state index contributed by atoms with van der Waals surface area (Å²) < 4.78 is 15.5. The fourth-order valence-electron chi connectivity index (χ4n) is 1.10. The van der Waals surface area contributed by atoms with Crippen molar-refractivity contribution in [2.75, 3.05) is 47.2 Å². The van der Waals surface area contributed by atoms with Crippen LogP contribution in [-0.4, -0.2) is 53.2 Å². The molecule has 0 saturated carbocycles. The minimum Gasteiger partial charge on any atom is -0.382 e. The summed E-state index contributed by atoms with van der Waals surface area (Å²) in [5, 5.41) is 3.20. The van der Waals surface area contributed by atoms with Gasteiger partial charge in [0.1, 0.15) is 0 Å². The van der Waals surface area contributed by atoms with Crippen molar-refractivity contribution in [1.82, 2.24) is 5.32 Å². The molecule has 4 heteroatoms. The molecule has 0 radical (unpaired) electrons. The van der Waals surface area contributed by atoms with Gasteiger partial charge < -0.3 is 19.5 Å². The van der Waals surface area contributed by atoms with E-state index in [4.69, 9.17) is 14.2 Å². The zero-order chi connectivity index (χ0) is 11.4. The van der Waals surface area contributed by atoms with Crippen LogP contribution in [0.25, 0.3) is 0 Å². The summed E-state index contributed by atoms with van der Waals surface area (Å²) in [7, 11) is 3.65. The Morgan fingerprint density at radius 3 is 2.20 bits per heavy atom. The Balaban J connectivity index is 2.92. The number of rotatable bonds is 11. The first-order valence-electron chi connectivity index (χ1n) is 5.63. The minimum absolute atomic E-state index is 0.576. The molecule has 0 heterocycles. The molecule has 4 nitrogen and oxygen atoms in total. The molecule has 0 aliphatic rings. The van der Waals surface area contributed by atoms with Crippen LogP contribution in [0.2, 0.25) is 0 Å². The van der Waals surface area contributed by atoms with Crippen LogP contribution in [0, 0.1) is 0 Å². The first-order valence-corrected chi connectivity index (χ1v) is 5.63. The second-order valence-corrected chi connectivity index (χ2v) is 3.55. The molecule has 92 valence electrons. The summed E-state index contributed by atoms with van der Waals surface area (Å²) in [5.74, 6) is 0. The summed E-state index contributed by atoms with van der Waals surface area (Å²) in [5.41, 5.74) is 0. The molecule has 0 aromatic heterocycles. The van der Waals surface area contributed by atoms with Crippen LogP contribution >= 0.6 is 0 Å². The van der Waals surface area contributed by atoms with Gasteiger partial charge in [-0.3, -0.25) is 0 Å². The average molecular weight is 219 g/mol. The first-order chi connectivity index (χ1) is 7.31. The predicted molar refractivity (Wildman–Crippen MR) is 61.3 cm³/mol. The highest BCUT2D eigenvalue weighted by Gasteiger charge is 1.97. The number of nitrogens with one attached hydrogen (secondary N) is 1. The SMILES string of the molecule is CNC(C)CCCOCCOCCOC. The Labute approximate surface area is 93.3 Å². The molecule has 0 aliphatic carbocycles. The molecule has 0 aromatic carbocycles. The third-order valence-electron chi connectivity index (χ3n) is 2.22. The van der Waals surface area contributed by atoms with Gasteiger partial charge in [-0.1, -0.05) is 0 Å². The predicted octanol–water partition coefficient (Wildman–Crippen LogP) is 1.05. The number of hydrogen-bond donors (Lipinski definition) is 1. The van der Waals surface area contributed by atoms with Gasteiger partial charge in [-0.05, 0) is 26.8 Å². The second-order valence-electron chi connectivity index (χ2n) is 3.55. The van der Waals surface area contributed by atoms with Crippen molar-refractivity contribution in [3.63, 3.8) is 0 Å². The van der Waals surface area contributed by atoms with Crippen molar-refractivity contribution in [2.45, 2.75) is 25.8 Å². The quantitative estimate of drug-likeness (QED) is 0.527. The molecule has 1 unspecified atom stereocenters. The molecule has 1 N–H and O–H groups in total. The lowest BCUT2D eigenvalue weighted by molar-refractivity contribution is 0.0237. The lowest BCUT2D eigenvalue weighted by Gasteiger charge is -2.09. The Bertz CT molecular complexity index is 122. The Hall–Kier alpha value is -0.160. The van der Waals surface area contributed by atoms with Crippen molar-refractivity contribution in [2.24, 2.45) is 0 Å². The molecule has 1 atom stereocenters. The van der Waals surface area contributed by atoms with Crippen molar-refractivity contribution >= 4 is 0 Å². The maximum Gasteiger partial charge on any atom is 0.0701 e. The molecule has 0 saturated heterocycles. The van der Waals surface area contributed by atoms with Gasteiger partial charge in [0, 0.05) is 19.8 Å². The van der Waals surface area contributed by atoms with Gasteiger partial charge in [-0.2, -0.15) is 0 Å². The van der Waals surface area contributed by atoms with Gasteiger partial charge in [-0.25, -0.2) is 0 Å². The lowest BCUT2D eigenvalue weighted by Crippen LogP contribution is -2.21. The molecule has 0 spiro atoms. The van der Waals surface area contributed by atoms with Crippen LogP contribution in [0.1, 0.15) is 19.8 Å². The average Bonchev–Trinajstić information content (AvgIpc) is 2.26. The van der Waals surface area contributed by atoms with E-state index in [0.29, 0.717) is 32.5 Å². The van der Waals surface area contributed by atoms with E-state index < -0.39 is 0 Å². The highest BCUT2D eigenvalue weighted by Crippen LogP contribution is 1.95. The molecular weight excluding hydrogens is 194 g/mol. The molecule has 0 aliphatic heterocycles. The third-order valence-corrected chi connectivity index (χ3v) is 2.22. The summed E-state index contributed by atoms with van der Waals surface area (Å²) in [4.78, 5) is 0. The van der Waals surface area contributed by atoms with Crippen LogP contribution in [0.4, 0.5) is 0 Å². The highest BCUT2D eigenvalue weighted by molar-refractivity contribution is 4.55. The van der Waals surface area contributed by atoms with Crippen molar-refractivity contribution in [1.29, 1.82) is 0 Å². The fourth-order valence-corrected chi connectivity index (χ4v) is 1.10. The van der Waals surface area contributed by atoms with Gasteiger partial charge in [0.2, 0.25) is 0 Å². The van der Waals surface area contributed by atoms with Crippen LogP contribution in [0.5, 0.6) is 0 Å². The largest absolute Gasteiger partial charge is 0.382 e. The van der Waals surface area contributed by atoms with Crippen LogP contribution in [-0.2, 0) is 14.2 Å². The molecule has 15 heavy (non-hydrogen) atoms. The van der Waals surface area contributed by atoms with E-state index in [2.05, 4.69) is 12.2 Å². The van der Waals surface area contributed by atoms with Crippen LogP contribution in [0.15, 0.2) is 0 Å². The molecule has 0 amide bonds. The van der Waals surface area contributed by atoms with Crippen LogP contribution < -0.4 is 5.32 Å². The van der Waals surface area contributed by atoms with E-state index in [-0.39, 0.29) is 0 Å². The van der Waals surface area contributed by atoms with E-state index in [1.165, 1.54) is 0 Å². The van der Waals surface area contributed by atoms with Gasteiger partial charge in [0.25, 0.3) is 0 Å². The van der Waals surface area contributed by atoms with Crippen molar-refractivity contribution < 1.29 is 14.2 Å². The topological polar surface area (TPSA) is 39.7 Å². The fraction of sp³-hybridized carbons (Fsp3) is 1.00. The van der Waals surface area contributed by atoms with Gasteiger partial charge in [0.15, 0.2) is 0 Å². The zero-order valence-corrected chi connectivity index (χ0v) is 10.3. The van der Waals surface area contributed by atoms with E-state index in [0.717, 1.165) is 19.4 Å². The maximum atomic E-state index is 5.42. The van der Waals surface area contributed by atoms with E-state index in [9.17, 15) is 0 Å². The first kappa shape index (κ1) is 14.8. The summed E-state index contributed by atoms with van der Waals surface area (Å²) in [6.07, 6.45) is 2.25. The van der Waals surface area contributed by atoms with E-state index in [1.807, 2.05) is 7.05 Å². The Kier molecular flexibility index (Phi) is 11.8. The van der Waals surface area contributed by atoms with Gasteiger partial charge in [0.05, 0.1) is 26.4 Å². The monoisotopic (exact) mass is 219 g/mol. The smallest absolute Gasteiger partial charge is 0.0701 e. The summed E-state index contributed by atoms with van der Waals surface area (Å²) in [6, 6.07) is 0.576. The summed E-state index contributed by atoms with van der Waals surface area (Å²) >= 11 is 0. The third kappa shape index (κ3) is 11.8.